The van der Waals surface area contributed by atoms with E-state index in [2.05, 4.69) is 14.3 Å². The Kier molecular flexibility index (Phi) is 3.91. The maximum absolute atomic E-state index is 5.01. The molecule has 0 atom stereocenters. The third-order valence-corrected chi connectivity index (χ3v) is 3.43. The molecule has 84 valence electrons. The first-order valence-electron chi connectivity index (χ1n) is 5.46. The van der Waals surface area contributed by atoms with E-state index in [9.17, 15) is 0 Å². The lowest BCUT2D eigenvalue weighted by Gasteiger charge is -2.25. The molecular weight excluding hydrogens is 210 g/mol. The molecule has 0 spiro atoms. The maximum atomic E-state index is 5.01. The largest absolute Gasteiger partial charge is 0.384 e. The van der Waals surface area contributed by atoms with Crippen LogP contribution in [-0.2, 0) is 11.2 Å². The van der Waals surface area contributed by atoms with Crippen molar-refractivity contribution in [3.8, 4) is 0 Å². The van der Waals surface area contributed by atoms with Gasteiger partial charge in [-0.3, -0.25) is 0 Å². The number of hydrogen-bond acceptors (Lipinski definition) is 5. The number of piperidine rings is 1. The molecule has 0 unspecified atom stereocenters. The van der Waals surface area contributed by atoms with Crippen molar-refractivity contribution in [3.63, 3.8) is 0 Å². The Balaban J connectivity index is 1.93. The minimum atomic E-state index is 0.705. The van der Waals surface area contributed by atoms with Gasteiger partial charge in [-0.25, -0.2) is 4.98 Å². The molecule has 2 heterocycles. The van der Waals surface area contributed by atoms with Crippen molar-refractivity contribution in [3.05, 3.63) is 5.82 Å². The molecule has 1 fully saturated rings. The minimum Gasteiger partial charge on any atom is -0.384 e. The van der Waals surface area contributed by atoms with E-state index in [1.807, 2.05) is 0 Å². The van der Waals surface area contributed by atoms with E-state index in [-0.39, 0.29) is 0 Å². The van der Waals surface area contributed by atoms with Crippen LogP contribution in [-0.4, -0.2) is 36.2 Å². The smallest absolute Gasteiger partial charge is 0.205 e. The molecule has 15 heavy (non-hydrogen) atoms. The van der Waals surface area contributed by atoms with Crippen molar-refractivity contribution in [2.75, 3.05) is 31.7 Å². The first kappa shape index (κ1) is 10.8. The van der Waals surface area contributed by atoms with Gasteiger partial charge in [-0.05, 0) is 19.3 Å². The lowest BCUT2D eigenvalue weighted by molar-refractivity contribution is 0.201. The third kappa shape index (κ3) is 2.89. The van der Waals surface area contributed by atoms with Crippen molar-refractivity contribution in [1.82, 2.24) is 9.36 Å². The van der Waals surface area contributed by atoms with Crippen LogP contribution in [0.1, 0.15) is 25.1 Å². The lowest BCUT2D eigenvalue weighted by Crippen LogP contribution is -2.29. The van der Waals surface area contributed by atoms with Crippen molar-refractivity contribution < 1.29 is 4.74 Å². The third-order valence-electron chi connectivity index (χ3n) is 2.61. The average molecular weight is 227 g/mol. The fourth-order valence-corrected chi connectivity index (χ4v) is 2.52. The molecule has 2 rings (SSSR count). The predicted molar refractivity (Wildman–Crippen MR) is 61.6 cm³/mol. The van der Waals surface area contributed by atoms with Gasteiger partial charge < -0.3 is 9.64 Å². The summed E-state index contributed by atoms with van der Waals surface area (Å²) < 4.78 is 9.35. The molecule has 0 aliphatic carbocycles. The summed E-state index contributed by atoms with van der Waals surface area (Å²) in [6.45, 7) is 2.98. The second-order valence-corrected chi connectivity index (χ2v) is 4.51. The van der Waals surface area contributed by atoms with Gasteiger partial charge in [0.25, 0.3) is 0 Å². The molecule has 1 aliphatic rings. The van der Waals surface area contributed by atoms with Crippen LogP contribution in [0, 0.1) is 0 Å². The molecule has 1 saturated heterocycles. The highest BCUT2D eigenvalue weighted by molar-refractivity contribution is 7.09. The monoisotopic (exact) mass is 227 g/mol. The lowest BCUT2D eigenvalue weighted by atomic mass is 10.1. The minimum absolute atomic E-state index is 0.705. The second kappa shape index (κ2) is 5.42. The summed E-state index contributed by atoms with van der Waals surface area (Å²) in [5.74, 6) is 0.919. The molecule has 0 bridgehead atoms. The molecule has 1 aliphatic heterocycles. The Morgan fingerprint density at radius 2 is 2.13 bits per heavy atom. The van der Waals surface area contributed by atoms with Crippen LogP contribution in [0.5, 0.6) is 0 Å². The second-order valence-electron chi connectivity index (χ2n) is 3.78. The summed E-state index contributed by atoms with van der Waals surface area (Å²) in [4.78, 5) is 6.87. The zero-order valence-corrected chi connectivity index (χ0v) is 9.92. The van der Waals surface area contributed by atoms with Gasteiger partial charge in [0.15, 0.2) is 0 Å². The zero-order chi connectivity index (χ0) is 10.5. The first-order valence-corrected chi connectivity index (χ1v) is 6.24. The van der Waals surface area contributed by atoms with Crippen LogP contribution in [0.15, 0.2) is 0 Å². The topological polar surface area (TPSA) is 38.2 Å². The number of hydrogen-bond donors (Lipinski definition) is 0. The van der Waals surface area contributed by atoms with Gasteiger partial charge in [0, 0.05) is 38.2 Å². The molecule has 1 aromatic rings. The summed E-state index contributed by atoms with van der Waals surface area (Å²) in [7, 11) is 1.71. The fourth-order valence-electron chi connectivity index (χ4n) is 1.75. The highest BCUT2D eigenvalue weighted by Gasteiger charge is 2.14. The Bertz CT molecular complexity index is 297. The number of ether oxygens (including phenoxy) is 1. The van der Waals surface area contributed by atoms with E-state index in [0.717, 1.165) is 30.5 Å². The molecular formula is C10H17N3OS. The van der Waals surface area contributed by atoms with Gasteiger partial charge in [0.1, 0.15) is 5.82 Å². The Hall–Kier alpha value is -0.680. The zero-order valence-electron chi connectivity index (χ0n) is 9.11. The van der Waals surface area contributed by atoms with E-state index in [4.69, 9.17) is 4.74 Å². The van der Waals surface area contributed by atoms with Crippen LogP contribution in [0.4, 0.5) is 5.13 Å². The molecule has 0 amide bonds. The number of aromatic nitrogens is 2. The quantitative estimate of drug-likeness (QED) is 0.785. The molecule has 0 radical (unpaired) electrons. The van der Waals surface area contributed by atoms with Crippen LogP contribution in [0.2, 0.25) is 0 Å². The predicted octanol–water partition coefficient (Wildman–Crippen LogP) is 1.72. The van der Waals surface area contributed by atoms with E-state index in [1.165, 1.54) is 30.8 Å². The molecule has 5 heteroatoms. The van der Waals surface area contributed by atoms with Crippen molar-refractivity contribution in [1.29, 1.82) is 0 Å². The summed E-state index contributed by atoms with van der Waals surface area (Å²) in [6.07, 6.45) is 4.74. The van der Waals surface area contributed by atoms with Gasteiger partial charge in [-0.2, -0.15) is 4.37 Å². The molecule has 1 aromatic heterocycles. The first-order chi connectivity index (χ1) is 7.40. The van der Waals surface area contributed by atoms with Crippen LogP contribution in [0.3, 0.4) is 0 Å². The van der Waals surface area contributed by atoms with E-state index >= 15 is 0 Å². The number of anilines is 1. The summed E-state index contributed by atoms with van der Waals surface area (Å²) in [5, 5.41) is 1.08. The van der Waals surface area contributed by atoms with Gasteiger partial charge in [0.2, 0.25) is 5.13 Å². The Labute approximate surface area is 94.4 Å². The Morgan fingerprint density at radius 3 is 2.87 bits per heavy atom. The SMILES string of the molecule is COCCc1nsc(N2CCCCC2)n1. The van der Waals surface area contributed by atoms with Gasteiger partial charge in [-0.15, -0.1) is 0 Å². The fraction of sp³-hybridized carbons (Fsp3) is 0.800. The maximum Gasteiger partial charge on any atom is 0.205 e. The van der Waals surface area contributed by atoms with E-state index in [0.29, 0.717) is 6.61 Å². The van der Waals surface area contributed by atoms with Crippen molar-refractivity contribution in [2.45, 2.75) is 25.7 Å². The summed E-state index contributed by atoms with van der Waals surface area (Å²) >= 11 is 1.52. The van der Waals surface area contributed by atoms with E-state index in [1.54, 1.807) is 7.11 Å². The van der Waals surface area contributed by atoms with Crippen molar-refractivity contribution >= 4 is 16.7 Å². The van der Waals surface area contributed by atoms with Crippen LogP contribution in [0.25, 0.3) is 0 Å². The normalized spacial score (nSPS) is 17.0. The number of nitrogens with zero attached hydrogens (tertiary/aromatic N) is 3. The standard InChI is InChI=1S/C10H17N3OS/c1-14-8-5-9-11-10(15-12-9)13-6-3-2-4-7-13/h2-8H2,1H3. The van der Waals surface area contributed by atoms with Gasteiger partial charge in [-0.1, -0.05) is 0 Å². The van der Waals surface area contributed by atoms with Gasteiger partial charge >= 0.3 is 0 Å². The van der Waals surface area contributed by atoms with E-state index < -0.39 is 0 Å². The number of rotatable bonds is 4. The van der Waals surface area contributed by atoms with Crippen LogP contribution >= 0.6 is 11.5 Å². The highest BCUT2D eigenvalue weighted by atomic mass is 32.1. The molecule has 0 saturated carbocycles. The summed E-state index contributed by atoms with van der Waals surface area (Å²) in [6, 6.07) is 0. The summed E-state index contributed by atoms with van der Waals surface area (Å²) in [5.41, 5.74) is 0. The average Bonchev–Trinajstić information content (AvgIpc) is 2.76. The van der Waals surface area contributed by atoms with Crippen LogP contribution < -0.4 is 4.90 Å². The Morgan fingerprint density at radius 1 is 1.33 bits per heavy atom. The van der Waals surface area contributed by atoms with Crippen molar-refractivity contribution in [2.24, 2.45) is 0 Å². The molecule has 0 N–H and O–H groups in total. The molecule has 4 nitrogen and oxygen atoms in total. The van der Waals surface area contributed by atoms with Gasteiger partial charge in [0.05, 0.1) is 6.61 Å². The molecule has 0 aromatic carbocycles. The number of methoxy groups -OCH3 is 1. The highest BCUT2D eigenvalue weighted by Crippen LogP contribution is 2.21.